The number of anilines is 2. The predicted octanol–water partition coefficient (Wildman–Crippen LogP) is 3.11. The molecule has 0 saturated carbocycles. The fourth-order valence-electron chi connectivity index (χ4n) is 4.86. The number of carbonyl (C=O) groups excluding carboxylic acids is 3. The van der Waals surface area contributed by atoms with Crippen molar-refractivity contribution in [1.29, 1.82) is 0 Å². The van der Waals surface area contributed by atoms with E-state index in [-0.39, 0.29) is 50.0 Å². The summed E-state index contributed by atoms with van der Waals surface area (Å²) >= 11 is 0.792. The number of hydrogen-bond acceptors (Lipinski definition) is 9. The van der Waals surface area contributed by atoms with Crippen LogP contribution in [-0.4, -0.2) is 60.6 Å². The Morgan fingerprint density at radius 3 is 2.35 bits per heavy atom. The zero-order valence-electron chi connectivity index (χ0n) is 21.1. The van der Waals surface area contributed by atoms with Crippen LogP contribution in [0.2, 0.25) is 0 Å². The number of thiazole rings is 1. The number of amides is 3. The normalized spacial score (nSPS) is 18.1. The van der Waals surface area contributed by atoms with Gasteiger partial charge in [0, 0.05) is 49.8 Å². The van der Waals surface area contributed by atoms with E-state index in [9.17, 15) is 32.9 Å². The zero-order chi connectivity index (χ0) is 28.4. The van der Waals surface area contributed by atoms with Crippen LogP contribution in [0.15, 0.2) is 69.9 Å². The van der Waals surface area contributed by atoms with Gasteiger partial charge in [-0.05, 0) is 37.1 Å². The van der Waals surface area contributed by atoms with Crippen molar-refractivity contribution < 1.29 is 27.7 Å². The molecule has 1 unspecified atom stereocenters. The lowest BCUT2D eigenvalue weighted by Gasteiger charge is -2.32. The van der Waals surface area contributed by atoms with E-state index in [1.165, 1.54) is 0 Å². The van der Waals surface area contributed by atoms with Gasteiger partial charge in [0.05, 0.1) is 21.9 Å². The van der Waals surface area contributed by atoms with Gasteiger partial charge < -0.3 is 15.1 Å². The summed E-state index contributed by atoms with van der Waals surface area (Å²) < 4.78 is 25.6. The zero-order valence-corrected chi connectivity index (χ0v) is 22.8. The minimum atomic E-state index is -3.96. The number of aromatic nitrogens is 1. The molecular formula is C26H25N5O7S2. The highest BCUT2D eigenvalue weighted by Crippen LogP contribution is 2.31. The van der Waals surface area contributed by atoms with Gasteiger partial charge in [-0.1, -0.05) is 29.5 Å². The third-order valence-electron chi connectivity index (χ3n) is 7.06. The van der Waals surface area contributed by atoms with E-state index < -0.39 is 20.7 Å². The molecule has 14 heteroatoms. The standard InChI is InChI=1S/C26H25N5O7S2/c32-22-14-18(16-30(22)19-4-2-1-3-5-19)25(34)29-12-10-17(11-13-29)24(33)28-26-27-15-23(39-26)40(37,38)21-8-6-20(7-9-21)31(35)36/h1-9,15,17-18H,10-14,16H2,(H,27,28,33). The SMILES string of the molecule is O=C(Nc1ncc(S(=O)(=O)c2ccc([N+](=O)[O-])cc2)s1)C1CCN(C(=O)C2CC(=O)N(c3ccccc3)C2)CC1. The first kappa shape index (κ1) is 27.4. The molecule has 5 rings (SSSR count). The van der Waals surface area contributed by atoms with Crippen molar-refractivity contribution in [1.82, 2.24) is 9.88 Å². The van der Waals surface area contributed by atoms with Crippen molar-refractivity contribution in [2.45, 2.75) is 28.4 Å². The number of likely N-dealkylation sites (tertiary alicyclic amines) is 1. The van der Waals surface area contributed by atoms with Crippen LogP contribution in [-0.2, 0) is 24.2 Å². The summed E-state index contributed by atoms with van der Waals surface area (Å²) in [7, 11) is -3.96. The van der Waals surface area contributed by atoms with Crippen LogP contribution in [0.4, 0.5) is 16.5 Å². The molecule has 1 atom stereocenters. The molecule has 2 fully saturated rings. The summed E-state index contributed by atoms with van der Waals surface area (Å²) in [6.07, 6.45) is 2.16. The second-order valence-corrected chi connectivity index (χ2v) is 12.8. The van der Waals surface area contributed by atoms with E-state index in [2.05, 4.69) is 10.3 Å². The summed E-state index contributed by atoms with van der Waals surface area (Å²) in [6, 6.07) is 13.8. The average Bonchev–Trinajstić information content (AvgIpc) is 3.60. The molecule has 0 bridgehead atoms. The smallest absolute Gasteiger partial charge is 0.269 e. The van der Waals surface area contributed by atoms with Crippen molar-refractivity contribution in [3.05, 3.63) is 70.9 Å². The summed E-state index contributed by atoms with van der Waals surface area (Å²) in [5, 5.41) is 13.6. The lowest BCUT2D eigenvalue weighted by Crippen LogP contribution is -2.44. The lowest BCUT2D eigenvalue weighted by atomic mass is 9.94. The third kappa shape index (κ3) is 5.58. The molecule has 0 radical (unpaired) electrons. The largest absolute Gasteiger partial charge is 0.342 e. The molecule has 2 aromatic carbocycles. The number of nitro groups is 1. The van der Waals surface area contributed by atoms with Gasteiger partial charge in [0.25, 0.3) is 5.69 Å². The molecular weight excluding hydrogens is 558 g/mol. The number of nitrogens with one attached hydrogen (secondary N) is 1. The van der Waals surface area contributed by atoms with E-state index in [4.69, 9.17) is 0 Å². The van der Waals surface area contributed by atoms with Crippen LogP contribution in [0, 0.1) is 22.0 Å². The highest BCUT2D eigenvalue weighted by molar-refractivity contribution is 7.93. The van der Waals surface area contributed by atoms with Gasteiger partial charge in [-0.2, -0.15) is 0 Å². The van der Waals surface area contributed by atoms with Crippen molar-refractivity contribution in [3.63, 3.8) is 0 Å². The molecule has 40 heavy (non-hydrogen) atoms. The Balaban J connectivity index is 1.14. The maximum Gasteiger partial charge on any atom is 0.269 e. The topological polar surface area (TPSA) is 160 Å². The third-order valence-corrected chi connectivity index (χ3v) is 10.2. The maximum absolute atomic E-state index is 13.1. The monoisotopic (exact) mass is 583 g/mol. The number of hydrogen-bond donors (Lipinski definition) is 1. The Morgan fingerprint density at radius 1 is 1.02 bits per heavy atom. The van der Waals surface area contributed by atoms with Gasteiger partial charge >= 0.3 is 0 Å². The first-order chi connectivity index (χ1) is 19.1. The highest BCUT2D eigenvalue weighted by atomic mass is 32.2. The fourth-order valence-corrected chi connectivity index (χ4v) is 7.30. The van der Waals surface area contributed by atoms with Crippen LogP contribution >= 0.6 is 11.3 Å². The quantitative estimate of drug-likeness (QED) is 0.328. The molecule has 208 valence electrons. The number of benzene rings is 2. The summed E-state index contributed by atoms with van der Waals surface area (Å²) in [4.78, 5) is 55.9. The van der Waals surface area contributed by atoms with E-state index in [0.29, 0.717) is 32.5 Å². The minimum Gasteiger partial charge on any atom is -0.342 e. The van der Waals surface area contributed by atoms with Crippen molar-refractivity contribution in [2.24, 2.45) is 11.8 Å². The van der Waals surface area contributed by atoms with Gasteiger partial charge in [0.1, 0.15) is 4.21 Å². The number of nitrogens with zero attached hydrogens (tertiary/aromatic N) is 4. The van der Waals surface area contributed by atoms with Crippen LogP contribution in [0.5, 0.6) is 0 Å². The van der Waals surface area contributed by atoms with Crippen LogP contribution in [0.25, 0.3) is 0 Å². The maximum atomic E-state index is 13.1. The molecule has 2 aliphatic heterocycles. The predicted molar refractivity (Wildman–Crippen MR) is 145 cm³/mol. The highest BCUT2D eigenvalue weighted by Gasteiger charge is 2.38. The summed E-state index contributed by atoms with van der Waals surface area (Å²) in [5.74, 6) is -1.30. The molecule has 0 spiro atoms. The Morgan fingerprint density at radius 2 is 1.70 bits per heavy atom. The van der Waals surface area contributed by atoms with Gasteiger partial charge in [-0.15, -0.1) is 0 Å². The number of para-hydroxylation sites is 1. The molecule has 1 N–H and O–H groups in total. The Labute approximate surface area is 233 Å². The van der Waals surface area contributed by atoms with Crippen molar-refractivity contribution in [3.8, 4) is 0 Å². The number of rotatable bonds is 7. The molecule has 3 amide bonds. The number of piperidine rings is 1. The van der Waals surface area contributed by atoms with E-state index in [1.54, 1.807) is 9.80 Å². The number of nitro benzene ring substituents is 1. The van der Waals surface area contributed by atoms with Crippen LogP contribution in [0.1, 0.15) is 19.3 Å². The summed E-state index contributed by atoms with van der Waals surface area (Å²) in [6.45, 7) is 1.09. The average molecular weight is 584 g/mol. The Hall–Kier alpha value is -4.17. The molecule has 3 aromatic rings. The Kier molecular flexibility index (Phi) is 7.63. The molecule has 1 aromatic heterocycles. The van der Waals surface area contributed by atoms with Gasteiger partial charge in [0.2, 0.25) is 27.6 Å². The van der Waals surface area contributed by atoms with E-state index in [0.717, 1.165) is 47.5 Å². The first-order valence-electron chi connectivity index (χ1n) is 12.5. The molecule has 2 aliphatic rings. The number of sulfone groups is 1. The van der Waals surface area contributed by atoms with Gasteiger partial charge in [0.15, 0.2) is 5.13 Å². The second-order valence-electron chi connectivity index (χ2n) is 9.57. The molecule has 3 heterocycles. The first-order valence-corrected chi connectivity index (χ1v) is 14.8. The van der Waals surface area contributed by atoms with Crippen LogP contribution in [0.3, 0.4) is 0 Å². The number of non-ortho nitro benzene ring substituents is 1. The second kappa shape index (κ2) is 11.1. The Bertz CT molecular complexity index is 1550. The van der Waals surface area contributed by atoms with Crippen molar-refractivity contribution in [2.75, 3.05) is 29.9 Å². The molecule has 0 aliphatic carbocycles. The van der Waals surface area contributed by atoms with Gasteiger partial charge in [-0.3, -0.25) is 24.5 Å². The lowest BCUT2D eigenvalue weighted by molar-refractivity contribution is -0.384. The summed E-state index contributed by atoms with van der Waals surface area (Å²) in [5.41, 5.74) is 0.541. The molecule has 12 nitrogen and oxygen atoms in total. The minimum absolute atomic E-state index is 0.0859. The van der Waals surface area contributed by atoms with E-state index in [1.807, 2.05) is 30.3 Å². The van der Waals surface area contributed by atoms with E-state index >= 15 is 0 Å². The number of carbonyl (C=O) groups is 3. The van der Waals surface area contributed by atoms with Crippen molar-refractivity contribution >= 4 is 55.4 Å². The fraction of sp³-hybridized carbons (Fsp3) is 0.308. The van der Waals surface area contributed by atoms with Gasteiger partial charge in [-0.25, -0.2) is 13.4 Å². The molecule has 2 saturated heterocycles. The van der Waals surface area contributed by atoms with Crippen LogP contribution < -0.4 is 10.2 Å².